The smallest absolute Gasteiger partial charge is 0.408 e. The number of carboxylic acid groups (broad SMARTS) is 1. The normalized spacial score (nSPS) is 16.7. The number of hydrogen-bond donors (Lipinski definition) is 2. The highest BCUT2D eigenvalue weighted by Crippen LogP contribution is 2.30. The van der Waals surface area contributed by atoms with Gasteiger partial charge in [0.25, 0.3) is 0 Å². The van der Waals surface area contributed by atoms with Crippen molar-refractivity contribution in [2.45, 2.75) is 38.1 Å². The molecule has 1 fully saturated rings. The predicted molar refractivity (Wildman–Crippen MR) is 62.7 cm³/mol. The first-order valence-corrected chi connectivity index (χ1v) is 5.90. The Kier molecular flexibility index (Phi) is 5.52. The van der Waals surface area contributed by atoms with Gasteiger partial charge in [-0.25, -0.2) is 9.59 Å². The summed E-state index contributed by atoms with van der Waals surface area (Å²) in [6.45, 7) is 3.49. The molecule has 0 aromatic heterocycles. The molecule has 1 rings (SSSR count). The fourth-order valence-corrected chi connectivity index (χ4v) is 1.76. The molecule has 0 heterocycles. The quantitative estimate of drug-likeness (QED) is 0.668. The minimum Gasteiger partial charge on any atom is -0.480 e. The molecule has 0 aromatic carbocycles. The van der Waals surface area contributed by atoms with Crippen LogP contribution in [-0.2, 0) is 9.53 Å². The number of amides is 1. The lowest BCUT2D eigenvalue weighted by Gasteiger charge is -2.26. The number of nitrogens with one attached hydrogen (secondary N) is 1. The number of carbonyl (C=O) groups is 2. The lowest BCUT2D eigenvalue weighted by molar-refractivity contribution is -0.139. The summed E-state index contributed by atoms with van der Waals surface area (Å²) in [5.74, 6) is -0.386. The number of ether oxygens (including phenoxy) is 1. The lowest BCUT2D eigenvalue weighted by atomic mass is 9.81. The molecule has 0 aromatic rings. The van der Waals surface area contributed by atoms with E-state index >= 15 is 0 Å². The predicted octanol–water partition coefficient (Wildman–Crippen LogP) is 1.93. The summed E-state index contributed by atoms with van der Waals surface area (Å²) < 4.78 is 4.69. The molecule has 1 atom stereocenters. The van der Waals surface area contributed by atoms with Crippen LogP contribution in [-0.4, -0.2) is 29.8 Å². The van der Waals surface area contributed by atoms with Crippen molar-refractivity contribution in [1.82, 2.24) is 5.32 Å². The second-order valence-electron chi connectivity index (χ2n) is 4.30. The molecule has 5 nitrogen and oxygen atoms in total. The zero-order valence-electron chi connectivity index (χ0n) is 9.85. The number of alkyl carbamates (subject to hydrolysis) is 1. The Bertz CT molecular complexity index is 286. The first-order chi connectivity index (χ1) is 8.13. The van der Waals surface area contributed by atoms with E-state index in [0.717, 1.165) is 6.42 Å². The van der Waals surface area contributed by atoms with Gasteiger partial charge in [-0.1, -0.05) is 31.9 Å². The maximum atomic E-state index is 11.2. The van der Waals surface area contributed by atoms with Crippen molar-refractivity contribution >= 4 is 12.1 Å². The molecular formula is C12H19NO4. The van der Waals surface area contributed by atoms with Gasteiger partial charge in [-0.05, 0) is 18.8 Å². The summed E-state index contributed by atoms with van der Waals surface area (Å²) in [5.41, 5.74) is 0. The number of aliphatic carboxylic acids is 1. The van der Waals surface area contributed by atoms with Crippen LogP contribution >= 0.6 is 0 Å². The van der Waals surface area contributed by atoms with Crippen LogP contribution in [0.15, 0.2) is 12.7 Å². The topological polar surface area (TPSA) is 75.6 Å². The Labute approximate surface area is 101 Å². The Balaban J connectivity index is 2.28. The van der Waals surface area contributed by atoms with Gasteiger partial charge in [0.1, 0.15) is 12.6 Å². The fourth-order valence-electron chi connectivity index (χ4n) is 1.76. The fraction of sp³-hybridized carbons (Fsp3) is 0.667. The molecule has 2 N–H and O–H groups in total. The van der Waals surface area contributed by atoms with Gasteiger partial charge in [-0.3, -0.25) is 0 Å². The monoisotopic (exact) mass is 241 g/mol. The number of carbonyl (C=O) groups excluding carboxylic acids is 1. The number of rotatable bonds is 7. The average molecular weight is 241 g/mol. The van der Waals surface area contributed by atoms with E-state index in [4.69, 9.17) is 5.11 Å². The zero-order chi connectivity index (χ0) is 12.7. The lowest BCUT2D eigenvalue weighted by Crippen LogP contribution is -2.41. The van der Waals surface area contributed by atoms with Crippen LogP contribution in [0.2, 0.25) is 0 Å². The van der Waals surface area contributed by atoms with Crippen molar-refractivity contribution in [1.29, 1.82) is 0 Å². The highest BCUT2D eigenvalue weighted by Gasteiger charge is 2.24. The van der Waals surface area contributed by atoms with Crippen molar-refractivity contribution in [3.63, 3.8) is 0 Å². The minimum atomic E-state index is -1.01. The van der Waals surface area contributed by atoms with Crippen LogP contribution in [0.25, 0.3) is 0 Å². The minimum absolute atomic E-state index is 0.0841. The second kappa shape index (κ2) is 6.93. The van der Waals surface area contributed by atoms with Crippen LogP contribution in [0.3, 0.4) is 0 Å². The van der Waals surface area contributed by atoms with Gasteiger partial charge in [0, 0.05) is 0 Å². The third-order valence-corrected chi connectivity index (χ3v) is 3.01. The van der Waals surface area contributed by atoms with Crippen molar-refractivity contribution in [2.75, 3.05) is 6.61 Å². The van der Waals surface area contributed by atoms with Gasteiger partial charge in [0.2, 0.25) is 0 Å². The molecule has 1 aliphatic carbocycles. The van der Waals surface area contributed by atoms with Crippen LogP contribution in [0.4, 0.5) is 4.79 Å². The molecular weight excluding hydrogens is 222 g/mol. The summed E-state index contributed by atoms with van der Waals surface area (Å²) in [6.07, 6.45) is 5.62. The average Bonchev–Trinajstić information content (AvgIpc) is 2.22. The molecule has 1 amide bonds. The highest BCUT2D eigenvalue weighted by atomic mass is 16.5. The highest BCUT2D eigenvalue weighted by molar-refractivity contribution is 5.79. The maximum Gasteiger partial charge on any atom is 0.408 e. The molecule has 0 saturated heterocycles. The molecule has 0 bridgehead atoms. The third kappa shape index (κ3) is 4.89. The molecule has 1 unspecified atom stereocenters. The van der Waals surface area contributed by atoms with Crippen molar-refractivity contribution in [3.05, 3.63) is 12.7 Å². The summed E-state index contributed by atoms with van der Waals surface area (Å²) >= 11 is 0. The van der Waals surface area contributed by atoms with Crippen molar-refractivity contribution < 1.29 is 19.4 Å². The van der Waals surface area contributed by atoms with E-state index in [0.29, 0.717) is 12.3 Å². The van der Waals surface area contributed by atoms with Crippen LogP contribution < -0.4 is 5.32 Å². The van der Waals surface area contributed by atoms with Crippen molar-refractivity contribution in [3.8, 4) is 0 Å². The Hall–Kier alpha value is -1.52. The summed E-state index contributed by atoms with van der Waals surface area (Å²) in [7, 11) is 0. The van der Waals surface area contributed by atoms with E-state index in [9.17, 15) is 9.59 Å². The van der Waals surface area contributed by atoms with E-state index in [1.807, 2.05) is 0 Å². The largest absolute Gasteiger partial charge is 0.480 e. The first-order valence-electron chi connectivity index (χ1n) is 5.90. The molecule has 0 aliphatic heterocycles. The molecule has 0 spiro atoms. The van der Waals surface area contributed by atoms with E-state index in [-0.39, 0.29) is 6.61 Å². The molecule has 17 heavy (non-hydrogen) atoms. The van der Waals surface area contributed by atoms with Gasteiger partial charge in [0.15, 0.2) is 0 Å². The van der Waals surface area contributed by atoms with E-state index in [2.05, 4.69) is 16.6 Å². The van der Waals surface area contributed by atoms with Crippen LogP contribution in [0.5, 0.6) is 0 Å². The summed E-state index contributed by atoms with van der Waals surface area (Å²) in [6, 6.07) is -0.854. The van der Waals surface area contributed by atoms with E-state index in [1.165, 1.54) is 25.3 Å². The Morgan fingerprint density at radius 1 is 1.53 bits per heavy atom. The maximum absolute atomic E-state index is 11.2. The standard InChI is InChI=1S/C12H19NO4/c1-2-8-17-12(16)13-10(11(14)15)7-6-9-4-3-5-9/h2,9-10H,1,3-8H2,(H,13,16)(H,14,15). The zero-order valence-corrected chi connectivity index (χ0v) is 9.85. The molecule has 1 saturated carbocycles. The summed E-state index contributed by atoms with van der Waals surface area (Å²) in [5, 5.41) is 11.3. The van der Waals surface area contributed by atoms with Gasteiger partial charge in [-0.2, -0.15) is 0 Å². The SMILES string of the molecule is C=CCOC(=O)NC(CCC1CCC1)C(=O)O. The molecule has 0 radical (unpaired) electrons. The molecule has 1 aliphatic rings. The second-order valence-corrected chi connectivity index (χ2v) is 4.30. The van der Waals surface area contributed by atoms with Gasteiger partial charge < -0.3 is 15.2 Å². The van der Waals surface area contributed by atoms with Gasteiger partial charge >= 0.3 is 12.1 Å². The number of hydrogen-bond acceptors (Lipinski definition) is 3. The van der Waals surface area contributed by atoms with Gasteiger partial charge in [0.05, 0.1) is 0 Å². The van der Waals surface area contributed by atoms with E-state index < -0.39 is 18.1 Å². The Morgan fingerprint density at radius 3 is 2.71 bits per heavy atom. The van der Waals surface area contributed by atoms with Gasteiger partial charge in [-0.15, -0.1) is 0 Å². The third-order valence-electron chi connectivity index (χ3n) is 3.01. The first kappa shape index (κ1) is 13.5. The Morgan fingerprint density at radius 2 is 2.24 bits per heavy atom. The van der Waals surface area contributed by atoms with E-state index in [1.54, 1.807) is 0 Å². The van der Waals surface area contributed by atoms with Crippen LogP contribution in [0.1, 0.15) is 32.1 Å². The summed E-state index contributed by atoms with van der Waals surface area (Å²) in [4.78, 5) is 22.1. The van der Waals surface area contributed by atoms with Crippen molar-refractivity contribution in [2.24, 2.45) is 5.92 Å². The number of carboxylic acids is 1. The molecule has 96 valence electrons. The van der Waals surface area contributed by atoms with Crippen LogP contribution in [0, 0.1) is 5.92 Å². The molecule has 5 heteroatoms.